The van der Waals surface area contributed by atoms with Crippen LogP contribution in [0, 0.1) is 3.95 Å². The Morgan fingerprint density at radius 3 is 2.42 bits per heavy atom. The van der Waals surface area contributed by atoms with E-state index in [4.69, 9.17) is 17.0 Å². The molecule has 0 spiro atoms. The number of aromatic nitrogens is 2. The fourth-order valence-corrected chi connectivity index (χ4v) is 1.91. The molecule has 0 radical (unpaired) electrons. The van der Waals surface area contributed by atoms with Crippen molar-refractivity contribution in [3.8, 4) is 0 Å². The third kappa shape index (κ3) is 5.55. The summed E-state index contributed by atoms with van der Waals surface area (Å²) in [6.07, 6.45) is -5.69. The maximum Gasteiger partial charge on any atom is 0.417 e. The van der Waals surface area contributed by atoms with E-state index < -0.39 is 24.4 Å². The number of nitrogens with one attached hydrogen (secondary N) is 1. The van der Waals surface area contributed by atoms with Gasteiger partial charge in [0.05, 0.1) is 0 Å². The molecule has 5 nitrogen and oxygen atoms in total. The Balaban J connectivity index is 2.99. The van der Waals surface area contributed by atoms with Crippen LogP contribution in [0.25, 0.3) is 0 Å². The average molecular weight is 315 g/mol. The van der Waals surface area contributed by atoms with Crippen molar-refractivity contribution >= 4 is 34.8 Å². The molecule has 0 aliphatic heterocycles. The lowest BCUT2D eigenvalue weighted by atomic mass is 10.2. The molecule has 0 bridgehead atoms. The molecule has 0 aliphatic carbocycles. The highest BCUT2D eigenvalue weighted by Crippen LogP contribution is 2.25. The minimum atomic E-state index is -4.57. The quantitative estimate of drug-likeness (QED) is 0.849. The van der Waals surface area contributed by atoms with Crippen molar-refractivity contribution in [2.45, 2.75) is 32.5 Å². The third-order valence-corrected chi connectivity index (χ3v) is 2.72. The van der Waals surface area contributed by atoms with E-state index in [-0.39, 0.29) is 9.09 Å². The Bertz CT molecular complexity index is 504. The monoisotopic (exact) mass is 315 g/mol. The molecule has 0 atom stereocenters. The SMILES string of the molecule is CC(C)(C)OC(=O)N(CC(F)(F)F)c1n[nH]c(=S)s1. The van der Waals surface area contributed by atoms with Crippen LogP contribution >= 0.6 is 23.6 Å². The Hall–Kier alpha value is -1.16. The molecule has 0 unspecified atom stereocenters. The second-order valence-electron chi connectivity index (χ2n) is 4.58. The maximum absolute atomic E-state index is 12.5. The minimum Gasteiger partial charge on any atom is -0.443 e. The molecule has 1 amide bonds. The highest BCUT2D eigenvalue weighted by Gasteiger charge is 2.37. The first kappa shape index (κ1) is 15.9. The molecule has 1 heterocycles. The number of rotatable bonds is 2. The van der Waals surface area contributed by atoms with E-state index in [0.29, 0.717) is 4.90 Å². The minimum absolute atomic E-state index is 0.172. The number of halogens is 3. The van der Waals surface area contributed by atoms with Gasteiger partial charge in [0.2, 0.25) is 5.13 Å². The van der Waals surface area contributed by atoms with Crippen LogP contribution < -0.4 is 4.90 Å². The number of alkyl halides is 3. The molecule has 0 aromatic carbocycles. The van der Waals surface area contributed by atoms with Gasteiger partial charge in [-0.25, -0.2) is 9.69 Å². The van der Waals surface area contributed by atoms with Crippen LogP contribution in [-0.2, 0) is 4.74 Å². The molecular weight excluding hydrogens is 303 g/mol. The maximum atomic E-state index is 12.5. The third-order valence-electron chi connectivity index (χ3n) is 1.61. The highest BCUT2D eigenvalue weighted by atomic mass is 32.1. The van der Waals surface area contributed by atoms with Crippen molar-refractivity contribution in [3.63, 3.8) is 0 Å². The molecule has 0 saturated carbocycles. The summed E-state index contributed by atoms with van der Waals surface area (Å²) in [4.78, 5) is 12.2. The smallest absolute Gasteiger partial charge is 0.417 e. The number of hydrogen-bond donors (Lipinski definition) is 1. The van der Waals surface area contributed by atoms with E-state index in [0.717, 1.165) is 11.3 Å². The summed E-state index contributed by atoms with van der Waals surface area (Å²) in [6.45, 7) is 3.19. The molecule has 0 aliphatic rings. The summed E-state index contributed by atoms with van der Waals surface area (Å²) in [5.41, 5.74) is -0.904. The Labute approximate surface area is 116 Å². The lowest BCUT2D eigenvalue weighted by Gasteiger charge is -2.26. The van der Waals surface area contributed by atoms with Gasteiger partial charge >= 0.3 is 12.3 Å². The van der Waals surface area contributed by atoms with Crippen LogP contribution in [-0.4, -0.2) is 34.6 Å². The molecule has 1 rings (SSSR count). The summed E-state index contributed by atoms with van der Waals surface area (Å²) in [5, 5.41) is 5.70. The van der Waals surface area contributed by atoms with Gasteiger partial charge in [0, 0.05) is 0 Å². The second kappa shape index (κ2) is 5.45. The highest BCUT2D eigenvalue weighted by molar-refractivity contribution is 7.73. The normalized spacial score (nSPS) is 12.3. The molecule has 10 heteroatoms. The number of H-pyrrole nitrogens is 1. The van der Waals surface area contributed by atoms with Crippen LogP contribution in [0.4, 0.5) is 23.1 Å². The van der Waals surface area contributed by atoms with Gasteiger partial charge in [0.1, 0.15) is 12.1 Å². The van der Waals surface area contributed by atoms with Crippen LogP contribution in [0.15, 0.2) is 0 Å². The Kier molecular flexibility index (Phi) is 4.56. The molecular formula is C9H12F3N3O2S2. The fourth-order valence-electron chi connectivity index (χ4n) is 1.04. The molecule has 0 fully saturated rings. The zero-order chi connectivity index (χ0) is 14.8. The topological polar surface area (TPSA) is 58.2 Å². The molecule has 1 aromatic heterocycles. The lowest BCUT2D eigenvalue weighted by Crippen LogP contribution is -2.42. The Morgan fingerprint density at radius 2 is 2.05 bits per heavy atom. The second-order valence-corrected chi connectivity index (χ2v) is 6.22. The number of nitrogens with zero attached hydrogens (tertiary/aromatic N) is 2. The number of carbonyl (C=O) groups excluding carboxylic acids is 1. The number of hydrogen-bond acceptors (Lipinski definition) is 5. The van der Waals surface area contributed by atoms with E-state index in [1.807, 2.05) is 0 Å². The van der Waals surface area contributed by atoms with Gasteiger partial charge in [-0.05, 0) is 33.0 Å². The van der Waals surface area contributed by atoms with Crippen LogP contribution in [0.2, 0.25) is 0 Å². The van der Waals surface area contributed by atoms with Crippen LogP contribution in [0.3, 0.4) is 0 Å². The first-order valence-electron chi connectivity index (χ1n) is 5.11. The summed E-state index contributed by atoms with van der Waals surface area (Å²) in [5.74, 6) is 0. The number of carbonyl (C=O) groups is 1. The standard InChI is InChI=1S/C9H12F3N3O2S2/c1-8(2,3)17-7(16)15(4-9(10,11)12)5-13-14-6(18)19-5/h4H2,1-3H3,(H,14,18). The van der Waals surface area contributed by atoms with Gasteiger partial charge in [0.15, 0.2) is 3.95 Å². The Morgan fingerprint density at radius 1 is 1.47 bits per heavy atom. The predicted octanol–water partition coefficient (Wildman–Crippen LogP) is 3.50. The van der Waals surface area contributed by atoms with Crippen LogP contribution in [0.1, 0.15) is 20.8 Å². The summed E-state index contributed by atoms with van der Waals surface area (Å²) >= 11 is 5.49. The van der Waals surface area contributed by atoms with E-state index in [1.54, 1.807) is 20.8 Å². The summed E-state index contributed by atoms with van der Waals surface area (Å²) in [6, 6.07) is 0. The van der Waals surface area contributed by atoms with Crippen molar-refractivity contribution in [3.05, 3.63) is 3.95 Å². The van der Waals surface area contributed by atoms with Gasteiger partial charge in [-0.2, -0.15) is 13.2 Å². The number of amides is 1. The summed E-state index contributed by atoms with van der Waals surface area (Å²) in [7, 11) is 0. The van der Waals surface area contributed by atoms with Crippen molar-refractivity contribution in [2.75, 3.05) is 11.4 Å². The van der Waals surface area contributed by atoms with Gasteiger partial charge in [-0.1, -0.05) is 11.3 Å². The first-order chi connectivity index (χ1) is 8.48. The van der Waals surface area contributed by atoms with Gasteiger partial charge in [-0.15, -0.1) is 5.10 Å². The molecule has 19 heavy (non-hydrogen) atoms. The van der Waals surface area contributed by atoms with E-state index in [1.165, 1.54) is 0 Å². The van der Waals surface area contributed by atoms with Crippen molar-refractivity contribution in [1.82, 2.24) is 10.2 Å². The number of ether oxygens (including phenoxy) is 1. The number of anilines is 1. The van der Waals surface area contributed by atoms with Gasteiger partial charge < -0.3 is 4.74 Å². The zero-order valence-electron chi connectivity index (χ0n) is 10.4. The van der Waals surface area contributed by atoms with Crippen molar-refractivity contribution in [2.24, 2.45) is 0 Å². The van der Waals surface area contributed by atoms with Gasteiger partial charge in [0.25, 0.3) is 0 Å². The lowest BCUT2D eigenvalue weighted by molar-refractivity contribution is -0.119. The van der Waals surface area contributed by atoms with E-state index in [2.05, 4.69) is 10.2 Å². The van der Waals surface area contributed by atoms with Crippen molar-refractivity contribution < 1.29 is 22.7 Å². The molecule has 1 aromatic rings. The molecule has 1 N–H and O–H groups in total. The molecule has 108 valence electrons. The number of aromatic amines is 1. The van der Waals surface area contributed by atoms with Crippen molar-refractivity contribution in [1.29, 1.82) is 0 Å². The van der Waals surface area contributed by atoms with E-state index >= 15 is 0 Å². The van der Waals surface area contributed by atoms with Crippen LogP contribution in [0.5, 0.6) is 0 Å². The zero-order valence-corrected chi connectivity index (χ0v) is 12.0. The molecule has 0 saturated heterocycles. The van der Waals surface area contributed by atoms with E-state index in [9.17, 15) is 18.0 Å². The summed E-state index contributed by atoms with van der Waals surface area (Å²) < 4.78 is 42.5. The fraction of sp³-hybridized carbons (Fsp3) is 0.667. The van der Waals surface area contributed by atoms with Gasteiger partial charge in [-0.3, -0.25) is 5.10 Å². The first-order valence-corrected chi connectivity index (χ1v) is 6.33. The predicted molar refractivity (Wildman–Crippen MR) is 66.9 cm³/mol. The average Bonchev–Trinajstić information content (AvgIpc) is 2.56. The largest absolute Gasteiger partial charge is 0.443 e.